The minimum absolute atomic E-state index is 0.0241. The first kappa shape index (κ1) is 14.7. The number of nitrogens with zero attached hydrogens (tertiary/aromatic N) is 3. The number of carbonyl (C=O) groups is 2. The van der Waals surface area contributed by atoms with E-state index in [0.29, 0.717) is 13.0 Å². The molecule has 21 heavy (non-hydrogen) atoms. The zero-order valence-electron chi connectivity index (χ0n) is 11.6. The Morgan fingerprint density at radius 3 is 2.67 bits per heavy atom. The third-order valence-electron chi connectivity index (χ3n) is 2.88. The van der Waals surface area contributed by atoms with Gasteiger partial charge in [0.05, 0.1) is 11.9 Å². The van der Waals surface area contributed by atoms with Crippen LogP contribution in [0, 0.1) is 6.92 Å². The highest BCUT2D eigenvalue weighted by Gasteiger charge is 2.11. The predicted octanol–water partition coefficient (Wildman–Crippen LogP) is 1.17. The Bertz CT molecular complexity index is 634. The fourth-order valence-electron chi connectivity index (χ4n) is 1.72. The molecule has 0 unspecified atom stereocenters. The molecular formula is C14H16N4O3. The van der Waals surface area contributed by atoms with Crippen LogP contribution in [-0.2, 0) is 4.79 Å². The second-order valence-corrected chi connectivity index (χ2v) is 4.64. The second kappa shape index (κ2) is 6.65. The number of aryl methyl sites for hydroxylation is 1. The average molecular weight is 288 g/mol. The van der Waals surface area contributed by atoms with Gasteiger partial charge in [0.25, 0.3) is 5.91 Å². The molecule has 7 heteroatoms. The summed E-state index contributed by atoms with van der Waals surface area (Å²) >= 11 is 0. The molecule has 1 aromatic heterocycles. The molecule has 0 saturated carbocycles. The first-order valence-corrected chi connectivity index (χ1v) is 6.55. The van der Waals surface area contributed by atoms with E-state index in [4.69, 9.17) is 5.11 Å². The smallest absolute Gasteiger partial charge is 0.303 e. The Morgan fingerprint density at radius 1 is 1.29 bits per heavy atom. The van der Waals surface area contributed by atoms with Crippen molar-refractivity contribution in [3.05, 3.63) is 41.7 Å². The zero-order valence-corrected chi connectivity index (χ0v) is 11.6. The van der Waals surface area contributed by atoms with Gasteiger partial charge in [-0.15, -0.1) is 5.10 Å². The molecule has 1 aromatic carbocycles. The van der Waals surface area contributed by atoms with E-state index in [1.165, 1.54) is 10.9 Å². The van der Waals surface area contributed by atoms with Gasteiger partial charge in [-0.3, -0.25) is 9.59 Å². The lowest BCUT2D eigenvalue weighted by Gasteiger charge is -2.01. The summed E-state index contributed by atoms with van der Waals surface area (Å²) in [4.78, 5) is 22.2. The Balaban J connectivity index is 1.94. The van der Waals surface area contributed by atoms with Crippen LogP contribution in [0.1, 0.15) is 28.9 Å². The quantitative estimate of drug-likeness (QED) is 0.778. The molecule has 2 N–H and O–H groups in total. The number of aliphatic carboxylic acids is 1. The lowest BCUT2D eigenvalue weighted by Crippen LogP contribution is -2.25. The Morgan fingerprint density at radius 2 is 2.00 bits per heavy atom. The first-order valence-electron chi connectivity index (χ1n) is 6.55. The van der Waals surface area contributed by atoms with Crippen molar-refractivity contribution in [1.82, 2.24) is 20.3 Å². The summed E-state index contributed by atoms with van der Waals surface area (Å²) in [5.41, 5.74) is 2.15. The number of rotatable bonds is 6. The molecule has 2 aromatic rings. The molecular weight excluding hydrogens is 272 g/mol. The van der Waals surface area contributed by atoms with E-state index >= 15 is 0 Å². The van der Waals surface area contributed by atoms with Crippen molar-refractivity contribution in [2.45, 2.75) is 19.8 Å². The molecule has 0 aliphatic heterocycles. The van der Waals surface area contributed by atoms with Crippen molar-refractivity contribution in [3.8, 4) is 5.69 Å². The van der Waals surface area contributed by atoms with E-state index in [1.54, 1.807) is 0 Å². The average Bonchev–Trinajstić information content (AvgIpc) is 2.94. The van der Waals surface area contributed by atoms with Gasteiger partial charge in [0, 0.05) is 13.0 Å². The van der Waals surface area contributed by atoms with Gasteiger partial charge in [-0.1, -0.05) is 22.9 Å². The van der Waals surface area contributed by atoms with Crippen LogP contribution < -0.4 is 5.32 Å². The van der Waals surface area contributed by atoms with Crippen LogP contribution >= 0.6 is 0 Å². The summed E-state index contributed by atoms with van der Waals surface area (Å²) in [6, 6.07) is 7.67. The summed E-state index contributed by atoms with van der Waals surface area (Å²) in [5.74, 6) is -1.24. The van der Waals surface area contributed by atoms with Crippen molar-refractivity contribution in [3.63, 3.8) is 0 Å². The van der Waals surface area contributed by atoms with Crippen LogP contribution in [0.15, 0.2) is 30.5 Å². The lowest BCUT2D eigenvalue weighted by atomic mass is 10.2. The topological polar surface area (TPSA) is 97.1 Å². The highest BCUT2D eigenvalue weighted by atomic mass is 16.4. The van der Waals surface area contributed by atoms with Crippen LogP contribution in [0.2, 0.25) is 0 Å². The van der Waals surface area contributed by atoms with Gasteiger partial charge in [0.15, 0.2) is 5.69 Å². The number of carboxylic acid groups (broad SMARTS) is 1. The molecule has 0 aliphatic rings. The molecule has 110 valence electrons. The number of carboxylic acids is 1. The van der Waals surface area contributed by atoms with Gasteiger partial charge < -0.3 is 10.4 Å². The third kappa shape index (κ3) is 4.13. The Hall–Kier alpha value is -2.70. The molecule has 0 bridgehead atoms. The van der Waals surface area contributed by atoms with Crippen molar-refractivity contribution >= 4 is 11.9 Å². The number of amides is 1. The molecule has 0 fully saturated rings. The number of carbonyl (C=O) groups excluding carboxylic acids is 1. The van der Waals surface area contributed by atoms with E-state index in [0.717, 1.165) is 11.3 Å². The SMILES string of the molecule is Cc1ccc(-n2cc(C(=O)NCCCC(=O)O)nn2)cc1. The van der Waals surface area contributed by atoms with E-state index < -0.39 is 5.97 Å². The number of hydrogen-bond donors (Lipinski definition) is 2. The fraction of sp³-hybridized carbons (Fsp3) is 0.286. The second-order valence-electron chi connectivity index (χ2n) is 4.64. The highest BCUT2D eigenvalue weighted by Crippen LogP contribution is 2.08. The maximum Gasteiger partial charge on any atom is 0.303 e. The summed E-state index contributed by atoms with van der Waals surface area (Å²) in [6.07, 6.45) is 1.95. The van der Waals surface area contributed by atoms with Crippen LogP contribution in [0.3, 0.4) is 0 Å². The molecule has 7 nitrogen and oxygen atoms in total. The standard InChI is InChI=1S/C14H16N4O3/c1-10-4-6-11(7-5-10)18-9-12(16-17-18)14(21)15-8-2-3-13(19)20/h4-7,9H,2-3,8H2,1H3,(H,15,21)(H,19,20). The molecule has 2 rings (SSSR count). The van der Waals surface area contributed by atoms with Crippen LogP contribution in [0.5, 0.6) is 0 Å². The Kier molecular flexibility index (Phi) is 4.65. The highest BCUT2D eigenvalue weighted by molar-refractivity contribution is 5.91. The predicted molar refractivity (Wildman–Crippen MR) is 75.3 cm³/mol. The fourth-order valence-corrected chi connectivity index (χ4v) is 1.72. The van der Waals surface area contributed by atoms with Crippen LogP contribution in [-0.4, -0.2) is 38.5 Å². The summed E-state index contributed by atoms with van der Waals surface area (Å²) in [5, 5.41) is 18.8. The van der Waals surface area contributed by atoms with Gasteiger partial charge >= 0.3 is 5.97 Å². The molecule has 1 amide bonds. The molecule has 0 aliphatic carbocycles. The molecule has 0 spiro atoms. The van der Waals surface area contributed by atoms with Crippen LogP contribution in [0.4, 0.5) is 0 Å². The van der Waals surface area contributed by atoms with E-state index in [1.807, 2.05) is 31.2 Å². The van der Waals surface area contributed by atoms with E-state index in [2.05, 4.69) is 15.6 Å². The summed E-state index contributed by atoms with van der Waals surface area (Å²) in [6.45, 7) is 2.28. The van der Waals surface area contributed by atoms with Gasteiger partial charge in [-0.05, 0) is 25.5 Å². The van der Waals surface area contributed by atoms with Crippen molar-refractivity contribution < 1.29 is 14.7 Å². The maximum absolute atomic E-state index is 11.8. The monoisotopic (exact) mass is 288 g/mol. The van der Waals surface area contributed by atoms with Crippen LogP contribution in [0.25, 0.3) is 5.69 Å². The number of aromatic nitrogens is 3. The van der Waals surface area contributed by atoms with Crippen molar-refractivity contribution in [2.75, 3.05) is 6.54 Å². The Labute approximate surface area is 121 Å². The lowest BCUT2D eigenvalue weighted by molar-refractivity contribution is -0.137. The number of hydrogen-bond acceptors (Lipinski definition) is 4. The number of benzene rings is 1. The minimum atomic E-state index is -0.880. The maximum atomic E-state index is 11.8. The summed E-state index contributed by atoms with van der Waals surface area (Å²) in [7, 11) is 0. The zero-order chi connectivity index (χ0) is 15.2. The largest absolute Gasteiger partial charge is 0.481 e. The first-order chi connectivity index (χ1) is 10.1. The molecule has 0 atom stereocenters. The van der Waals surface area contributed by atoms with E-state index in [-0.39, 0.29) is 18.0 Å². The van der Waals surface area contributed by atoms with Crippen molar-refractivity contribution in [2.24, 2.45) is 0 Å². The summed E-state index contributed by atoms with van der Waals surface area (Å²) < 4.78 is 1.52. The third-order valence-corrected chi connectivity index (χ3v) is 2.88. The van der Waals surface area contributed by atoms with Crippen molar-refractivity contribution in [1.29, 1.82) is 0 Å². The van der Waals surface area contributed by atoms with E-state index in [9.17, 15) is 9.59 Å². The van der Waals surface area contributed by atoms with Gasteiger partial charge in [0.2, 0.25) is 0 Å². The van der Waals surface area contributed by atoms with Gasteiger partial charge in [-0.2, -0.15) is 0 Å². The van der Waals surface area contributed by atoms with Gasteiger partial charge in [-0.25, -0.2) is 4.68 Å². The normalized spacial score (nSPS) is 10.3. The molecule has 0 saturated heterocycles. The molecule has 1 heterocycles. The van der Waals surface area contributed by atoms with Gasteiger partial charge in [0.1, 0.15) is 0 Å². The number of nitrogens with one attached hydrogen (secondary N) is 1. The molecule has 0 radical (unpaired) electrons. The minimum Gasteiger partial charge on any atom is -0.481 e.